The van der Waals surface area contributed by atoms with Gasteiger partial charge in [0.25, 0.3) is 5.91 Å². The van der Waals surface area contributed by atoms with Crippen LogP contribution in [0, 0.1) is 0 Å². The number of hydrogen-bond acceptors (Lipinski definition) is 5. The monoisotopic (exact) mass is 377 g/mol. The summed E-state index contributed by atoms with van der Waals surface area (Å²) in [5.74, 6) is 1.77. The van der Waals surface area contributed by atoms with Gasteiger partial charge in [0.15, 0.2) is 5.76 Å². The SMILES string of the molecule is CC1Cc2ccccc2N1Cc1ccoc1C(=O)Nc1cnc2n1CCNC2. The van der Waals surface area contributed by atoms with Crippen molar-refractivity contribution in [2.45, 2.75) is 39.0 Å². The van der Waals surface area contributed by atoms with E-state index in [0.29, 0.717) is 30.7 Å². The fourth-order valence-electron chi connectivity index (χ4n) is 4.18. The topological polar surface area (TPSA) is 75.3 Å². The fraction of sp³-hybridized carbons (Fsp3) is 0.333. The molecule has 1 aromatic carbocycles. The van der Waals surface area contributed by atoms with E-state index in [2.05, 4.69) is 51.7 Å². The summed E-state index contributed by atoms with van der Waals surface area (Å²) in [7, 11) is 0. The molecule has 0 fully saturated rings. The molecule has 28 heavy (non-hydrogen) atoms. The van der Waals surface area contributed by atoms with E-state index in [-0.39, 0.29) is 5.91 Å². The average molecular weight is 377 g/mol. The van der Waals surface area contributed by atoms with Crippen molar-refractivity contribution in [2.24, 2.45) is 0 Å². The van der Waals surface area contributed by atoms with Crippen LogP contribution in [0.3, 0.4) is 0 Å². The predicted molar refractivity (Wildman–Crippen MR) is 106 cm³/mol. The molecule has 7 nitrogen and oxygen atoms in total. The minimum atomic E-state index is -0.235. The number of fused-ring (bicyclic) bond motifs is 2. The lowest BCUT2D eigenvalue weighted by atomic mass is 10.1. The van der Waals surface area contributed by atoms with E-state index in [1.165, 1.54) is 11.3 Å². The van der Waals surface area contributed by atoms with Gasteiger partial charge < -0.3 is 24.5 Å². The second kappa shape index (κ2) is 6.83. The van der Waals surface area contributed by atoms with Crippen molar-refractivity contribution in [1.29, 1.82) is 0 Å². The minimum Gasteiger partial charge on any atom is -0.459 e. The molecule has 0 bridgehead atoms. The van der Waals surface area contributed by atoms with Crippen LogP contribution in [-0.2, 0) is 26.1 Å². The first-order valence-corrected chi connectivity index (χ1v) is 9.68. The Morgan fingerprint density at radius 2 is 2.25 bits per heavy atom. The zero-order chi connectivity index (χ0) is 19.1. The number of amides is 1. The van der Waals surface area contributed by atoms with Gasteiger partial charge in [0, 0.05) is 36.9 Å². The Morgan fingerprint density at radius 3 is 3.18 bits per heavy atom. The molecule has 1 atom stereocenters. The van der Waals surface area contributed by atoms with E-state index in [9.17, 15) is 4.79 Å². The maximum atomic E-state index is 12.9. The largest absolute Gasteiger partial charge is 0.459 e. The maximum absolute atomic E-state index is 12.9. The maximum Gasteiger partial charge on any atom is 0.292 e. The Morgan fingerprint density at radius 1 is 1.36 bits per heavy atom. The van der Waals surface area contributed by atoms with Crippen molar-refractivity contribution in [3.05, 3.63) is 65.5 Å². The summed E-state index contributed by atoms with van der Waals surface area (Å²) in [5.41, 5.74) is 3.48. The summed E-state index contributed by atoms with van der Waals surface area (Å²) in [4.78, 5) is 19.6. The molecule has 3 aromatic rings. The number of imidazole rings is 1. The third-order valence-corrected chi connectivity index (χ3v) is 5.62. The molecule has 2 aliphatic rings. The number of nitrogens with one attached hydrogen (secondary N) is 2. The number of benzene rings is 1. The highest BCUT2D eigenvalue weighted by atomic mass is 16.3. The van der Waals surface area contributed by atoms with Gasteiger partial charge in [-0.25, -0.2) is 4.98 Å². The molecule has 0 spiro atoms. The summed E-state index contributed by atoms with van der Waals surface area (Å²) in [5, 5.41) is 6.25. The highest BCUT2D eigenvalue weighted by molar-refractivity contribution is 6.02. The van der Waals surface area contributed by atoms with Crippen LogP contribution in [-0.4, -0.2) is 28.0 Å². The van der Waals surface area contributed by atoms with Crippen molar-refractivity contribution in [3.8, 4) is 0 Å². The van der Waals surface area contributed by atoms with Crippen LogP contribution in [0.4, 0.5) is 11.5 Å². The van der Waals surface area contributed by atoms with Crippen LogP contribution in [0.5, 0.6) is 0 Å². The Kier molecular flexibility index (Phi) is 4.16. The third-order valence-electron chi connectivity index (χ3n) is 5.62. The highest BCUT2D eigenvalue weighted by Crippen LogP contribution is 2.33. The first kappa shape index (κ1) is 17.1. The van der Waals surface area contributed by atoms with Crippen LogP contribution in [0.2, 0.25) is 0 Å². The van der Waals surface area contributed by atoms with Gasteiger partial charge in [-0.15, -0.1) is 0 Å². The zero-order valence-electron chi connectivity index (χ0n) is 15.8. The molecule has 2 aromatic heterocycles. The number of hydrogen-bond donors (Lipinski definition) is 2. The van der Waals surface area contributed by atoms with Crippen molar-refractivity contribution in [2.75, 3.05) is 16.8 Å². The molecule has 5 rings (SSSR count). The summed E-state index contributed by atoms with van der Waals surface area (Å²) < 4.78 is 7.61. The molecular formula is C21H23N5O2. The van der Waals surface area contributed by atoms with Gasteiger partial charge in [-0.05, 0) is 31.0 Å². The molecule has 144 valence electrons. The van der Waals surface area contributed by atoms with Crippen LogP contribution >= 0.6 is 0 Å². The van der Waals surface area contributed by atoms with Gasteiger partial charge in [-0.1, -0.05) is 18.2 Å². The van der Waals surface area contributed by atoms with E-state index in [1.54, 1.807) is 12.5 Å². The van der Waals surface area contributed by atoms with Gasteiger partial charge in [-0.3, -0.25) is 4.79 Å². The summed E-state index contributed by atoms with van der Waals surface area (Å²) in [6.45, 7) is 5.23. The summed E-state index contributed by atoms with van der Waals surface area (Å²) in [6, 6.07) is 10.7. The normalized spacial score (nSPS) is 18.0. The Hall–Kier alpha value is -3.06. The number of furan rings is 1. The summed E-state index contributed by atoms with van der Waals surface area (Å²) in [6.07, 6.45) is 4.32. The van der Waals surface area contributed by atoms with E-state index in [0.717, 1.165) is 30.9 Å². The molecular weight excluding hydrogens is 354 g/mol. The molecule has 2 N–H and O–H groups in total. The van der Waals surface area contributed by atoms with Crippen LogP contribution < -0.4 is 15.5 Å². The molecule has 4 heterocycles. The van der Waals surface area contributed by atoms with Gasteiger partial charge in [0.2, 0.25) is 0 Å². The lowest BCUT2D eigenvalue weighted by Gasteiger charge is -2.24. The minimum absolute atomic E-state index is 0.235. The Labute approximate surface area is 163 Å². The van der Waals surface area contributed by atoms with Gasteiger partial charge in [0.05, 0.1) is 19.0 Å². The van der Waals surface area contributed by atoms with Crippen LogP contribution in [0.15, 0.2) is 47.2 Å². The average Bonchev–Trinajstić information content (AvgIpc) is 3.41. The lowest BCUT2D eigenvalue weighted by molar-refractivity contribution is 0.0994. The zero-order valence-corrected chi connectivity index (χ0v) is 15.8. The first-order valence-electron chi connectivity index (χ1n) is 9.68. The van der Waals surface area contributed by atoms with Gasteiger partial charge in [0.1, 0.15) is 11.6 Å². The van der Waals surface area contributed by atoms with Gasteiger partial charge >= 0.3 is 0 Å². The molecule has 2 aliphatic heterocycles. The quantitative estimate of drug-likeness (QED) is 0.731. The smallest absolute Gasteiger partial charge is 0.292 e. The second-order valence-electron chi connectivity index (χ2n) is 7.43. The number of anilines is 2. The van der Waals surface area contributed by atoms with E-state index in [1.807, 2.05) is 10.6 Å². The number of carbonyl (C=O) groups is 1. The van der Waals surface area contributed by atoms with Crippen molar-refractivity contribution < 1.29 is 9.21 Å². The van der Waals surface area contributed by atoms with Crippen molar-refractivity contribution in [3.63, 3.8) is 0 Å². The third kappa shape index (κ3) is 2.88. The predicted octanol–water partition coefficient (Wildman–Crippen LogP) is 2.78. The van der Waals surface area contributed by atoms with E-state index in [4.69, 9.17) is 4.42 Å². The number of aromatic nitrogens is 2. The molecule has 7 heteroatoms. The number of para-hydroxylation sites is 1. The molecule has 1 amide bonds. The second-order valence-corrected chi connectivity index (χ2v) is 7.43. The van der Waals surface area contributed by atoms with Crippen LogP contribution in [0.1, 0.15) is 34.4 Å². The Balaban J connectivity index is 1.36. The molecule has 0 aliphatic carbocycles. The Bertz CT molecular complexity index is 1020. The first-order chi connectivity index (χ1) is 13.7. The molecule has 1 unspecified atom stereocenters. The van der Waals surface area contributed by atoms with Crippen LogP contribution in [0.25, 0.3) is 0 Å². The summed E-state index contributed by atoms with van der Waals surface area (Å²) >= 11 is 0. The number of carbonyl (C=O) groups excluding carboxylic acids is 1. The molecule has 0 saturated carbocycles. The molecule has 0 saturated heterocycles. The fourth-order valence-corrected chi connectivity index (χ4v) is 4.18. The van der Waals surface area contributed by atoms with E-state index >= 15 is 0 Å². The van der Waals surface area contributed by atoms with E-state index < -0.39 is 0 Å². The van der Waals surface area contributed by atoms with Gasteiger partial charge in [-0.2, -0.15) is 0 Å². The lowest BCUT2D eigenvalue weighted by Crippen LogP contribution is -2.30. The molecule has 0 radical (unpaired) electrons. The van der Waals surface area contributed by atoms with Crippen molar-refractivity contribution >= 4 is 17.4 Å². The highest BCUT2D eigenvalue weighted by Gasteiger charge is 2.28. The number of rotatable bonds is 4. The standard InChI is InChI=1S/C21H23N5O2/c1-14-10-15-4-2-3-5-17(15)26(14)13-16-6-9-28-20(16)21(27)24-19-12-23-18-11-22-7-8-25(18)19/h2-6,9,12,14,22H,7-8,10-11,13H2,1H3,(H,24,27). The van der Waals surface area contributed by atoms with Crippen molar-refractivity contribution in [1.82, 2.24) is 14.9 Å². The number of nitrogens with zero attached hydrogens (tertiary/aromatic N) is 3.